The van der Waals surface area contributed by atoms with E-state index >= 15 is 0 Å². The molecule has 0 aromatic heterocycles. The second-order valence-corrected chi connectivity index (χ2v) is 10.5. The van der Waals surface area contributed by atoms with Crippen LogP contribution in [0, 0.1) is 5.92 Å². The van der Waals surface area contributed by atoms with Crippen molar-refractivity contribution in [3.8, 4) is 0 Å². The van der Waals surface area contributed by atoms with Crippen molar-refractivity contribution in [1.82, 2.24) is 20.4 Å². The number of amides is 4. The van der Waals surface area contributed by atoms with Crippen molar-refractivity contribution < 1.29 is 33.4 Å². The smallest absolute Gasteiger partial charge is 0.410 e. The Bertz CT molecular complexity index is 1010. The molecule has 4 amide bonds. The van der Waals surface area contributed by atoms with E-state index < -0.39 is 17.9 Å². The number of rotatable bonds is 11. The molecule has 220 valence electrons. The molecule has 0 spiro atoms. The number of hydrogen-bond donors (Lipinski definition) is 2. The summed E-state index contributed by atoms with van der Waals surface area (Å²) in [5.74, 6) is -1.01. The summed E-state index contributed by atoms with van der Waals surface area (Å²) >= 11 is 0. The Balaban J connectivity index is 1.36. The van der Waals surface area contributed by atoms with Gasteiger partial charge in [0.2, 0.25) is 17.7 Å². The van der Waals surface area contributed by atoms with Crippen LogP contribution >= 0.6 is 0 Å². The van der Waals surface area contributed by atoms with Gasteiger partial charge >= 0.3 is 12.1 Å². The Morgan fingerprint density at radius 1 is 0.975 bits per heavy atom. The number of carbonyl (C=O) groups is 5. The molecular formula is C29H42N4O7. The van der Waals surface area contributed by atoms with Crippen LogP contribution in [-0.4, -0.2) is 84.5 Å². The summed E-state index contributed by atoms with van der Waals surface area (Å²) < 4.78 is 10.4. The van der Waals surface area contributed by atoms with E-state index in [1.165, 1.54) is 6.92 Å². The van der Waals surface area contributed by atoms with Crippen LogP contribution in [0.15, 0.2) is 30.3 Å². The van der Waals surface area contributed by atoms with Gasteiger partial charge in [-0.25, -0.2) is 9.59 Å². The Kier molecular flexibility index (Phi) is 12.2. The summed E-state index contributed by atoms with van der Waals surface area (Å²) in [4.78, 5) is 65.0. The molecule has 2 atom stereocenters. The van der Waals surface area contributed by atoms with Crippen molar-refractivity contribution in [2.24, 2.45) is 5.92 Å². The van der Waals surface area contributed by atoms with Gasteiger partial charge in [0, 0.05) is 45.6 Å². The average molecular weight is 559 g/mol. The van der Waals surface area contributed by atoms with Gasteiger partial charge in [0.1, 0.15) is 12.6 Å². The molecule has 2 aliphatic heterocycles. The molecule has 1 aromatic carbocycles. The maximum atomic E-state index is 12.9. The molecule has 0 radical (unpaired) electrons. The minimum Gasteiger partial charge on any atom is -0.464 e. The highest BCUT2D eigenvalue weighted by Gasteiger charge is 2.29. The zero-order chi connectivity index (χ0) is 28.9. The third-order valence-corrected chi connectivity index (χ3v) is 7.32. The summed E-state index contributed by atoms with van der Waals surface area (Å²) in [5.41, 5.74) is 0.953. The van der Waals surface area contributed by atoms with E-state index in [0.29, 0.717) is 38.5 Å². The Labute approximate surface area is 235 Å². The van der Waals surface area contributed by atoms with Crippen LogP contribution in [0.4, 0.5) is 4.79 Å². The summed E-state index contributed by atoms with van der Waals surface area (Å²) in [6.07, 6.45) is 3.84. The first kappa shape index (κ1) is 30.9. The summed E-state index contributed by atoms with van der Waals surface area (Å²) in [6.45, 7) is 5.64. The SMILES string of the molecule is CCOC(=O)C(CC(=O)NC1CCCN(C(=O)CCC2CCN(C(=O)OCc3ccccc3)CC2)C1)NC(C)=O. The molecule has 11 nitrogen and oxygen atoms in total. The maximum absolute atomic E-state index is 12.9. The van der Waals surface area contributed by atoms with Gasteiger partial charge in [-0.05, 0) is 50.5 Å². The van der Waals surface area contributed by atoms with Crippen molar-refractivity contribution in [3.05, 3.63) is 35.9 Å². The van der Waals surface area contributed by atoms with Gasteiger partial charge in [-0.2, -0.15) is 0 Å². The molecule has 2 unspecified atom stereocenters. The van der Waals surface area contributed by atoms with Crippen LogP contribution in [0.5, 0.6) is 0 Å². The van der Waals surface area contributed by atoms with Crippen molar-refractivity contribution in [2.45, 2.75) is 77.5 Å². The second-order valence-electron chi connectivity index (χ2n) is 10.5. The first-order chi connectivity index (χ1) is 19.2. The van der Waals surface area contributed by atoms with E-state index in [-0.39, 0.29) is 43.6 Å². The van der Waals surface area contributed by atoms with Gasteiger partial charge in [-0.1, -0.05) is 30.3 Å². The highest BCUT2D eigenvalue weighted by molar-refractivity contribution is 5.89. The lowest BCUT2D eigenvalue weighted by Gasteiger charge is -2.34. The first-order valence-electron chi connectivity index (χ1n) is 14.2. The van der Waals surface area contributed by atoms with Gasteiger partial charge in [-0.15, -0.1) is 0 Å². The molecule has 2 saturated heterocycles. The molecule has 1 aromatic rings. The molecule has 0 saturated carbocycles. The van der Waals surface area contributed by atoms with E-state index in [2.05, 4.69) is 10.6 Å². The Hall–Kier alpha value is -3.63. The standard InChI is InChI=1S/C29H42N4O7/c1-3-39-28(37)25(30-21(2)34)18-26(35)31-24-10-7-15-33(19-24)27(36)12-11-22-13-16-32(17-14-22)29(38)40-20-23-8-5-4-6-9-23/h4-6,8-9,22,24-25H,3,7,10-20H2,1-2H3,(H,30,34)(H,31,35). The zero-order valence-corrected chi connectivity index (χ0v) is 23.6. The molecule has 40 heavy (non-hydrogen) atoms. The molecule has 0 bridgehead atoms. The number of ether oxygens (including phenoxy) is 2. The lowest BCUT2D eigenvalue weighted by atomic mass is 9.92. The molecule has 11 heteroatoms. The molecule has 0 aliphatic carbocycles. The van der Waals surface area contributed by atoms with E-state index in [0.717, 1.165) is 37.7 Å². The number of nitrogens with zero attached hydrogens (tertiary/aromatic N) is 2. The fourth-order valence-corrected chi connectivity index (χ4v) is 5.18. The van der Waals surface area contributed by atoms with Crippen molar-refractivity contribution >= 4 is 29.8 Å². The number of benzene rings is 1. The van der Waals surface area contributed by atoms with Crippen LogP contribution < -0.4 is 10.6 Å². The van der Waals surface area contributed by atoms with Gasteiger partial charge < -0.3 is 29.9 Å². The van der Waals surface area contributed by atoms with E-state index in [9.17, 15) is 24.0 Å². The van der Waals surface area contributed by atoms with Gasteiger partial charge in [0.25, 0.3) is 0 Å². The highest BCUT2D eigenvalue weighted by Crippen LogP contribution is 2.24. The molecule has 2 heterocycles. The zero-order valence-electron chi connectivity index (χ0n) is 23.6. The van der Waals surface area contributed by atoms with Crippen LogP contribution in [0.2, 0.25) is 0 Å². The largest absolute Gasteiger partial charge is 0.464 e. The van der Waals surface area contributed by atoms with Crippen LogP contribution in [0.3, 0.4) is 0 Å². The number of esters is 1. The fourth-order valence-electron chi connectivity index (χ4n) is 5.18. The van der Waals surface area contributed by atoms with Crippen LogP contribution in [-0.2, 0) is 35.3 Å². The summed E-state index contributed by atoms with van der Waals surface area (Å²) in [5, 5.41) is 5.37. The summed E-state index contributed by atoms with van der Waals surface area (Å²) in [7, 11) is 0. The number of piperidine rings is 2. The van der Waals surface area contributed by atoms with E-state index in [1.54, 1.807) is 16.7 Å². The highest BCUT2D eigenvalue weighted by atomic mass is 16.6. The average Bonchev–Trinajstić information content (AvgIpc) is 2.95. The number of carbonyl (C=O) groups excluding carboxylic acids is 5. The quantitative estimate of drug-likeness (QED) is 0.398. The molecule has 2 N–H and O–H groups in total. The van der Waals surface area contributed by atoms with Crippen molar-refractivity contribution in [3.63, 3.8) is 0 Å². The maximum Gasteiger partial charge on any atom is 0.410 e. The molecule has 2 aliphatic rings. The van der Waals surface area contributed by atoms with Gasteiger partial charge in [0.05, 0.1) is 13.0 Å². The number of hydrogen-bond acceptors (Lipinski definition) is 7. The Morgan fingerprint density at radius 3 is 2.38 bits per heavy atom. The monoisotopic (exact) mass is 558 g/mol. The van der Waals surface area contributed by atoms with E-state index in [1.807, 2.05) is 30.3 Å². The number of likely N-dealkylation sites (tertiary alicyclic amines) is 2. The summed E-state index contributed by atoms with van der Waals surface area (Å²) in [6, 6.07) is 8.33. The third-order valence-electron chi connectivity index (χ3n) is 7.32. The predicted molar refractivity (Wildman–Crippen MR) is 147 cm³/mol. The van der Waals surface area contributed by atoms with Crippen LogP contribution in [0.25, 0.3) is 0 Å². The topological polar surface area (TPSA) is 134 Å². The first-order valence-corrected chi connectivity index (χ1v) is 14.2. The van der Waals surface area contributed by atoms with Gasteiger partial charge in [0.15, 0.2) is 0 Å². The number of nitrogens with one attached hydrogen (secondary N) is 2. The third kappa shape index (κ3) is 10.2. The predicted octanol–water partition coefficient (Wildman–Crippen LogP) is 2.38. The normalized spacial score (nSPS) is 18.4. The second kappa shape index (κ2) is 15.8. The van der Waals surface area contributed by atoms with Crippen molar-refractivity contribution in [1.29, 1.82) is 0 Å². The molecule has 2 fully saturated rings. The minimum absolute atomic E-state index is 0.0614. The van der Waals surface area contributed by atoms with E-state index in [4.69, 9.17) is 9.47 Å². The molecular weight excluding hydrogens is 516 g/mol. The Morgan fingerprint density at radius 2 is 1.70 bits per heavy atom. The fraction of sp³-hybridized carbons (Fsp3) is 0.621. The lowest BCUT2D eigenvalue weighted by molar-refractivity contribution is -0.148. The molecule has 3 rings (SSSR count). The van der Waals surface area contributed by atoms with Crippen LogP contribution in [0.1, 0.15) is 64.4 Å². The van der Waals surface area contributed by atoms with Gasteiger partial charge in [-0.3, -0.25) is 14.4 Å². The minimum atomic E-state index is -1.05. The lowest BCUT2D eigenvalue weighted by Crippen LogP contribution is -2.51. The van der Waals surface area contributed by atoms with Crippen molar-refractivity contribution in [2.75, 3.05) is 32.8 Å².